The molecule has 0 spiro atoms. The van der Waals surface area contributed by atoms with Crippen LogP contribution in [-0.2, 0) is 11.2 Å². The van der Waals surface area contributed by atoms with E-state index in [9.17, 15) is 4.79 Å². The molecule has 0 aliphatic rings. The van der Waals surface area contributed by atoms with Gasteiger partial charge in [-0.3, -0.25) is 4.79 Å². The van der Waals surface area contributed by atoms with E-state index in [4.69, 9.17) is 10.8 Å². The molecule has 3 heteroatoms. The van der Waals surface area contributed by atoms with Crippen LogP contribution in [0.4, 0.5) is 0 Å². The minimum atomic E-state index is -0.278. The summed E-state index contributed by atoms with van der Waals surface area (Å²) >= 11 is 0. The molecule has 0 bridgehead atoms. The number of benzene rings is 1. The first-order chi connectivity index (χ1) is 6.18. The summed E-state index contributed by atoms with van der Waals surface area (Å²) in [5.74, 6) is -0.0169. The van der Waals surface area contributed by atoms with Crippen molar-refractivity contribution in [3.05, 3.63) is 29.8 Å². The maximum Gasteiger partial charge on any atom is 0.217 e. The highest BCUT2D eigenvalue weighted by molar-refractivity contribution is 5.73. The van der Waals surface area contributed by atoms with Crippen molar-refractivity contribution in [2.45, 2.75) is 19.3 Å². The molecule has 0 fully saturated rings. The molecule has 0 saturated carbocycles. The minimum absolute atomic E-state index is 0.261. The van der Waals surface area contributed by atoms with Crippen LogP contribution >= 0.6 is 0 Å². The Hall–Kier alpha value is -1.51. The summed E-state index contributed by atoms with van der Waals surface area (Å²) in [5.41, 5.74) is 6.03. The molecule has 1 aromatic rings. The van der Waals surface area contributed by atoms with Crippen LogP contribution in [0.5, 0.6) is 5.75 Å². The lowest BCUT2D eigenvalue weighted by Crippen LogP contribution is -2.10. The lowest BCUT2D eigenvalue weighted by molar-refractivity contribution is -0.118. The second-order valence-corrected chi connectivity index (χ2v) is 2.99. The van der Waals surface area contributed by atoms with Crippen LogP contribution in [0, 0.1) is 0 Å². The number of rotatable bonds is 4. The Bertz CT molecular complexity index is 297. The summed E-state index contributed by atoms with van der Waals surface area (Å²) in [6.45, 7) is 0. The molecule has 3 nitrogen and oxygen atoms in total. The monoisotopic (exact) mass is 179 g/mol. The van der Waals surface area contributed by atoms with Gasteiger partial charge in [-0.15, -0.1) is 0 Å². The molecular weight excluding hydrogens is 166 g/mol. The summed E-state index contributed by atoms with van der Waals surface area (Å²) in [6.07, 6.45) is 1.91. The van der Waals surface area contributed by atoms with Gasteiger partial charge >= 0.3 is 0 Å². The van der Waals surface area contributed by atoms with Gasteiger partial charge in [0.2, 0.25) is 5.91 Å². The zero-order valence-electron chi connectivity index (χ0n) is 7.36. The Balaban J connectivity index is 2.41. The molecule has 70 valence electrons. The molecule has 1 amide bonds. The van der Waals surface area contributed by atoms with E-state index in [1.165, 1.54) is 0 Å². The van der Waals surface area contributed by atoms with Crippen molar-refractivity contribution in [1.29, 1.82) is 0 Å². The number of aryl methyl sites for hydroxylation is 1. The largest absolute Gasteiger partial charge is 0.508 e. The first kappa shape index (κ1) is 9.58. The second-order valence-electron chi connectivity index (χ2n) is 2.99. The van der Waals surface area contributed by atoms with Crippen LogP contribution in [0.15, 0.2) is 24.3 Å². The minimum Gasteiger partial charge on any atom is -0.508 e. The van der Waals surface area contributed by atoms with E-state index in [1.54, 1.807) is 18.2 Å². The van der Waals surface area contributed by atoms with Crippen molar-refractivity contribution in [2.24, 2.45) is 5.73 Å². The number of amides is 1. The predicted molar refractivity (Wildman–Crippen MR) is 50.2 cm³/mol. The van der Waals surface area contributed by atoms with E-state index in [1.807, 2.05) is 6.07 Å². The summed E-state index contributed by atoms with van der Waals surface area (Å²) < 4.78 is 0. The summed E-state index contributed by atoms with van der Waals surface area (Å²) in [7, 11) is 0. The van der Waals surface area contributed by atoms with E-state index in [0.29, 0.717) is 6.42 Å². The SMILES string of the molecule is NC(=O)CCCc1cccc(O)c1. The van der Waals surface area contributed by atoms with Crippen LogP contribution in [0.25, 0.3) is 0 Å². The Labute approximate surface area is 77.2 Å². The number of hydrogen-bond acceptors (Lipinski definition) is 2. The van der Waals surface area contributed by atoms with E-state index < -0.39 is 0 Å². The Morgan fingerprint density at radius 2 is 2.23 bits per heavy atom. The number of phenolic OH excluding ortho intramolecular Hbond substituents is 1. The van der Waals surface area contributed by atoms with Crippen molar-refractivity contribution >= 4 is 5.91 Å². The average molecular weight is 179 g/mol. The van der Waals surface area contributed by atoms with Crippen molar-refractivity contribution in [3.8, 4) is 5.75 Å². The third kappa shape index (κ3) is 3.60. The van der Waals surface area contributed by atoms with Crippen molar-refractivity contribution < 1.29 is 9.90 Å². The van der Waals surface area contributed by atoms with Gasteiger partial charge in [0.1, 0.15) is 5.75 Å². The number of nitrogens with two attached hydrogens (primary N) is 1. The zero-order chi connectivity index (χ0) is 9.68. The highest BCUT2D eigenvalue weighted by Gasteiger charge is 1.97. The normalized spacial score (nSPS) is 9.85. The fourth-order valence-corrected chi connectivity index (χ4v) is 1.18. The lowest BCUT2D eigenvalue weighted by atomic mass is 10.1. The number of carbonyl (C=O) groups is 1. The summed E-state index contributed by atoms with van der Waals surface area (Å²) in [5, 5.41) is 9.13. The van der Waals surface area contributed by atoms with Gasteiger partial charge < -0.3 is 10.8 Å². The van der Waals surface area contributed by atoms with Gasteiger partial charge in [-0.05, 0) is 30.5 Å². The van der Waals surface area contributed by atoms with Gasteiger partial charge in [0.25, 0.3) is 0 Å². The molecule has 1 rings (SSSR count). The first-order valence-corrected chi connectivity index (χ1v) is 4.24. The van der Waals surface area contributed by atoms with Gasteiger partial charge in [0, 0.05) is 6.42 Å². The Kier molecular flexibility index (Phi) is 3.31. The maximum absolute atomic E-state index is 10.4. The smallest absolute Gasteiger partial charge is 0.217 e. The summed E-state index contributed by atoms with van der Waals surface area (Å²) in [4.78, 5) is 10.4. The van der Waals surface area contributed by atoms with Crippen LogP contribution in [0.3, 0.4) is 0 Å². The highest BCUT2D eigenvalue weighted by atomic mass is 16.3. The summed E-state index contributed by atoms with van der Waals surface area (Å²) in [6, 6.07) is 7.02. The van der Waals surface area contributed by atoms with Crippen LogP contribution in [0.1, 0.15) is 18.4 Å². The molecule has 1 aromatic carbocycles. The number of primary amides is 1. The first-order valence-electron chi connectivity index (χ1n) is 4.24. The molecule has 0 aliphatic carbocycles. The molecular formula is C10H13NO2. The number of phenols is 1. The van der Waals surface area contributed by atoms with Crippen LogP contribution in [0.2, 0.25) is 0 Å². The second kappa shape index (κ2) is 4.50. The van der Waals surface area contributed by atoms with Gasteiger partial charge in [0.15, 0.2) is 0 Å². The third-order valence-corrected chi connectivity index (χ3v) is 1.80. The third-order valence-electron chi connectivity index (χ3n) is 1.80. The lowest BCUT2D eigenvalue weighted by Gasteiger charge is -1.99. The molecule has 3 N–H and O–H groups in total. The van der Waals surface area contributed by atoms with Gasteiger partial charge in [-0.1, -0.05) is 12.1 Å². The van der Waals surface area contributed by atoms with Crippen molar-refractivity contribution in [1.82, 2.24) is 0 Å². The topological polar surface area (TPSA) is 63.3 Å². The number of aromatic hydroxyl groups is 1. The van der Waals surface area contributed by atoms with Gasteiger partial charge in [0.05, 0.1) is 0 Å². The highest BCUT2D eigenvalue weighted by Crippen LogP contribution is 2.12. The molecule has 0 atom stereocenters. The molecule has 0 aliphatic heterocycles. The molecule has 13 heavy (non-hydrogen) atoms. The van der Waals surface area contributed by atoms with E-state index >= 15 is 0 Å². The van der Waals surface area contributed by atoms with Crippen molar-refractivity contribution in [2.75, 3.05) is 0 Å². The van der Waals surface area contributed by atoms with Crippen LogP contribution in [-0.4, -0.2) is 11.0 Å². The quantitative estimate of drug-likeness (QED) is 0.729. The molecule has 0 unspecified atom stereocenters. The fraction of sp³-hybridized carbons (Fsp3) is 0.300. The van der Waals surface area contributed by atoms with Gasteiger partial charge in [-0.25, -0.2) is 0 Å². The molecule has 0 saturated heterocycles. The van der Waals surface area contributed by atoms with E-state index in [0.717, 1.165) is 18.4 Å². The molecule has 0 heterocycles. The average Bonchev–Trinajstić information content (AvgIpc) is 2.03. The maximum atomic E-state index is 10.4. The zero-order valence-corrected chi connectivity index (χ0v) is 7.36. The van der Waals surface area contributed by atoms with Crippen molar-refractivity contribution in [3.63, 3.8) is 0 Å². The Morgan fingerprint density at radius 3 is 2.85 bits per heavy atom. The Morgan fingerprint density at radius 1 is 1.46 bits per heavy atom. The number of hydrogen-bond donors (Lipinski definition) is 2. The van der Waals surface area contributed by atoms with E-state index in [-0.39, 0.29) is 11.7 Å². The standard InChI is InChI=1S/C10H13NO2/c11-10(13)6-2-4-8-3-1-5-9(12)7-8/h1,3,5,7,12H,2,4,6H2,(H2,11,13). The number of carbonyl (C=O) groups excluding carboxylic acids is 1. The fourth-order valence-electron chi connectivity index (χ4n) is 1.18. The molecule has 0 radical (unpaired) electrons. The molecule has 0 aromatic heterocycles. The van der Waals surface area contributed by atoms with E-state index in [2.05, 4.69) is 0 Å². The van der Waals surface area contributed by atoms with Crippen LogP contribution < -0.4 is 5.73 Å². The van der Waals surface area contributed by atoms with Gasteiger partial charge in [-0.2, -0.15) is 0 Å². The predicted octanol–water partition coefficient (Wildman–Crippen LogP) is 1.20.